The first-order valence-corrected chi connectivity index (χ1v) is 9.26. The van der Waals surface area contributed by atoms with Crippen LogP contribution in [0.1, 0.15) is 35.5 Å². The first-order valence-electron chi connectivity index (χ1n) is 9.26. The van der Waals surface area contributed by atoms with Crippen molar-refractivity contribution in [3.8, 4) is 5.82 Å². The molecule has 152 valence electrons. The lowest BCUT2D eigenvalue weighted by molar-refractivity contribution is -0.137. The molecule has 0 atom stereocenters. The summed E-state index contributed by atoms with van der Waals surface area (Å²) in [5.74, 6) is 0.713. The van der Waals surface area contributed by atoms with Crippen LogP contribution in [0.3, 0.4) is 0 Å². The SMILES string of the molecule is Cc1c(C(=O)N2CCN(CC(C)C)CC2)cnn1-c1ccc(C(F)(F)F)cn1. The number of halogens is 3. The highest BCUT2D eigenvalue weighted by atomic mass is 19.4. The number of rotatable bonds is 4. The normalized spacial score (nSPS) is 16.0. The summed E-state index contributed by atoms with van der Waals surface area (Å²) in [5.41, 5.74) is 0.178. The summed E-state index contributed by atoms with van der Waals surface area (Å²) in [5, 5.41) is 4.16. The number of aromatic nitrogens is 3. The van der Waals surface area contributed by atoms with Crippen molar-refractivity contribution in [1.82, 2.24) is 24.6 Å². The van der Waals surface area contributed by atoms with E-state index in [4.69, 9.17) is 0 Å². The number of amides is 1. The molecule has 0 spiro atoms. The summed E-state index contributed by atoms with van der Waals surface area (Å²) in [6, 6.07) is 2.21. The fraction of sp³-hybridized carbons (Fsp3) is 0.526. The van der Waals surface area contributed by atoms with Gasteiger partial charge in [-0.3, -0.25) is 9.69 Å². The zero-order chi connectivity index (χ0) is 20.5. The fourth-order valence-corrected chi connectivity index (χ4v) is 3.35. The van der Waals surface area contributed by atoms with E-state index in [2.05, 4.69) is 28.8 Å². The Morgan fingerprint density at radius 1 is 1.14 bits per heavy atom. The van der Waals surface area contributed by atoms with Crippen LogP contribution in [0.25, 0.3) is 5.82 Å². The van der Waals surface area contributed by atoms with Crippen molar-refractivity contribution >= 4 is 5.91 Å². The third kappa shape index (κ3) is 4.35. The number of piperazine rings is 1. The highest BCUT2D eigenvalue weighted by Gasteiger charge is 2.31. The van der Waals surface area contributed by atoms with Crippen molar-refractivity contribution in [3.63, 3.8) is 0 Å². The Morgan fingerprint density at radius 2 is 1.82 bits per heavy atom. The van der Waals surface area contributed by atoms with E-state index in [9.17, 15) is 18.0 Å². The summed E-state index contributed by atoms with van der Waals surface area (Å²) in [4.78, 5) is 20.9. The van der Waals surface area contributed by atoms with E-state index in [1.54, 1.807) is 11.8 Å². The van der Waals surface area contributed by atoms with Crippen LogP contribution >= 0.6 is 0 Å². The molecule has 6 nitrogen and oxygen atoms in total. The average Bonchev–Trinajstić information content (AvgIpc) is 3.02. The smallest absolute Gasteiger partial charge is 0.336 e. The minimum atomic E-state index is -4.44. The Balaban J connectivity index is 1.72. The van der Waals surface area contributed by atoms with E-state index in [1.165, 1.54) is 16.9 Å². The van der Waals surface area contributed by atoms with E-state index in [-0.39, 0.29) is 11.7 Å². The van der Waals surface area contributed by atoms with Crippen LogP contribution in [-0.4, -0.2) is 63.2 Å². The maximum absolute atomic E-state index is 12.9. The van der Waals surface area contributed by atoms with Crippen LogP contribution in [0.4, 0.5) is 13.2 Å². The van der Waals surface area contributed by atoms with Crippen molar-refractivity contribution in [2.24, 2.45) is 5.92 Å². The topological polar surface area (TPSA) is 54.3 Å². The van der Waals surface area contributed by atoms with Crippen LogP contribution in [0.2, 0.25) is 0 Å². The molecular weight excluding hydrogens is 371 g/mol. The molecule has 0 bridgehead atoms. The third-order valence-corrected chi connectivity index (χ3v) is 4.82. The second-order valence-electron chi connectivity index (χ2n) is 7.44. The van der Waals surface area contributed by atoms with Gasteiger partial charge in [-0.25, -0.2) is 9.67 Å². The fourth-order valence-electron chi connectivity index (χ4n) is 3.35. The Labute approximate surface area is 162 Å². The van der Waals surface area contributed by atoms with Crippen LogP contribution in [-0.2, 0) is 6.18 Å². The second kappa shape index (κ2) is 7.90. The minimum Gasteiger partial charge on any atom is -0.336 e. The van der Waals surface area contributed by atoms with E-state index < -0.39 is 11.7 Å². The van der Waals surface area contributed by atoms with Crippen LogP contribution in [0.5, 0.6) is 0 Å². The van der Waals surface area contributed by atoms with Crippen LogP contribution in [0, 0.1) is 12.8 Å². The van der Waals surface area contributed by atoms with Gasteiger partial charge >= 0.3 is 6.18 Å². The number of hydrogen-bond acceptors (Lipinski definition) is 4. The number of nitrogens with zero attached hydrogens (tertiary/aromatic N) is 5. The summed E-state index contributed by atoms with van der Waals surface area (Å²) in [6.07, 6.45) is -2.22. The Hall–Kier alpha value is -2.42. The number of hydrogen-bond donors (Lipinski definition) is 0. The highest BCUT2D eigenvalue weighted by molar-refractivity contribution is 5.95. The molecule has 0 aliphatic carbocycles. The van der Waals surface area contributed by atoms with Gasteiger partial charge in [0.1, 0.15) is 0 Å². The Kier molecular flexibility index (Phi) is 5.74. The maximum atomic E-state index is 12.9. The molecule has 0 aromatic carbocycles. The van der Waals surface area contributed by atoms with Gasteiger partial charge < -0.3 is 4.90 Å². The molecule has 1 amide bonds. The number of carbonyl (C=O) groups is 1. The molecule has 0 unspecified atom stereocenters. The number of pyridine rings is 1. The van der Waals surface area contributed by atoms with E-state index in [1.807, 2.05) is 0 Å². The molecule has 0 N–H and O–H groups in total. The summed E-state index contributed by atoms with van der Waals surface area (Å²) in [6.45, 7) is 10.0. The minimum absolute atomic E-state index is 0.111. The zero-order valence-electron chi connectivity index (χ0n) is 16.2. The molecule has 0 saturated carbocycles. The molecule has 1 aliphatic heterocycles. The molecule has 1 fully saturated rings. The lowest BCUT2D eigenvalue weighted by Crippen LogP contribution is -2.49. The van der Waals surface area contributed by atoms with Crippen molar-refractivity contribution in [1.29, 1.82) is 0 Å². The monoisotopic (exact) mass is 395 g/mol. The predicted octanol–water partition coefficient (Wildman–Crippen LogP) is 3.01. The summed E-state index contributed by atoms with van der Waals surface area (Å²) in [7, 11) is 0. The maximum Gasteiger partial charge on any atom is 0.417 e. The first kappa shape index (κ1) is 20.3. The van der Waals surface area contributed by atoms with E-state index >= 15 is 0 Å². The van der Waals surface area contributed by atoms with Crippen molar-refractivity contribution in [3.05, 3.63) is 41.3 Å². The average molecular weight is 395 g/mol. The second-order valence-corrected chi connectivity index (χ2v) is 7.44. The molecular formula is C19H24F3N5O. The summed E-state index contributed by atoms with van der Waals surface area (Å²) < 4.78 is 39.5. The highest BCUT2D eigenvalue weighted by Crippen LogP contribution is 2.29. The molecule has 1 aliphatic rings. The quantitative estimate of drug-likeness (QED) is 0.799. The van der Waals surface area contributed by atoms with Gasteiger partial charge in [0.25, 0.3) is 5.91 Å². The van der Waals surface area contributed by atoms with Gasteiger partial charge in [0, 0.05) is 38.9 Å². The molecule has 1 saturated heterocycles. The Bertz CT molecular complexity index is 821. The lowest BCUT2D eigenvalue weighted by Gasteiger charge is -2.35. The molecule has 9 heteroatoms. The van der Waals surface area contributed by atoms with Gasteiger partial charge in [-0.1, -0.05) is 13.8 Å². The molecule has 2 aromatic heterocycles. The zero-order valence-corrected chi connectivity index (χ0v) is 16.2. The number of carbonyl (C=O) groups excluding carboxylic acids is 1. The molecule has 3 heterocycles. The van der Waals surface area contributed by atoms with Gasteiger partial charge in [0.15, 0.2) is 5.82 Å². The van der Waals surface area contributed by atoms with Gasteiger partial charge in [-0.15, -0.1) is 0 Å². The largest absolute Gasteiger partial charge is 0.417 e. The third-order valence-electron chi connectivity index (χ3n) is 4.82. The van der Waals surface area contributed by atoms with Crippen LogP contribution in [0.15, 0.2) is 24.5 Å². The molecule has 28 heavy (non-hydrogen) atoms. The summed E-state index contributed by atoms with van der Waals surface area (Å²) >= 11 is 0. The predicted molar refractivity (Wildman–Crippen MR) is 98.3 cm³/mol. The van der Waals surface area contributed by atoms with Gasteiger partial charge in [0.2, 0.25) is 0 Å². The lowest BCUT2D eigenvalue weighted by atomic mass is 10.1. The van der Waals surface area contributed by atoms with Crippen molar-refractivity contribution in [2.45, 2.75) is 26.9 Å². The van der Waals surface area contributed by atoms with Crippen molar-refractivity contribution in [2.75, 3.05) is 32.7 Å². The van der Waals surface area contributed by atoms with Gasteiger partial charge in [-0.05, 0) is 25.0 Å². The number of alkyl halides is 3. The molecule has 2 aromatic rings. The van der Waals surface area contributed by atoms with Crippen LogP contribution < -0.4 is 0 Å². The molecule has 3 rings (SSSR count). The van der Waals surface area contributed by atoms with Gasteiger partial charge in [-0.2, -0.15) is 18.3 Å². The first-order chi connectivity index (χ1) is 13.2. The van der Waals surface area contributed by atoms with Crippen molar-refractivity contribution < 1.29 is 18.0 Å². The van der Waals surface area contributed by atoms with Gasteiger partial charge in [0.05, 0.1) is 23.0 Å². The standard InChI is InChI=1S/C19H24F3N5O/c1-13(2)12-25-6-8-26(9-7-25)18(28)16-11-24-27(14(16)3)17-5-4-15(10-23-17)19(20,21)22/h4-5,10-11,13H,6-9,12H2,1-3H3. The molecule has 0 radical (unpaired) electrons. The van der Waals surface area contributed by atoms with E-state index in [0.29, 0.717) is 30.3 Å². The Morgan fingerprint density at radius 3 is 2.36 bits per heavy atom. The van der Waals surface area contributed by atoms with E-state index in [0.717, 1.165) is 31.9 Å².